The van der Waals surface area contributed by atoms with Gasteiger partial charge in [0.15, 0.2) is 6.61 Å². The fourth-order valence-electron chi connectivity index (χ4n) is 2.31. The highest BCUT2D eigenvalue weighted by Crippen LogP contribution is 2.13. The van der Waals surface area contributed by atoms with E-state index in [1.807, 2.05) is 4.72 Å². The molecule has 1 saturated heterocycles. The van der Waals surface area contributed by atoms with Gasteiger partial charge in [-0.3, -0.25) is 9.59 Å². The minimum Gasteiger partial charge on any atom is -0.455 e. The number of hydrogen-bond acceptors (Lipinski definition) is 7. The number of carbonyl (C=O) groups is 2. The van der Waals surface area contributed by atoms with Crippen molar-refractivity contribution in [3.05, 3.63) is 29.8 Å². The van der Waals surface area contributed by atoms with Crippen LogP contribution in [0.25, 0.3) is 0 Å². The molecule has 0 bridgehead atoms. The number of nitrogens with one attached hydrogen (secondary N) is 2. The first-order valence-electron chi connectivity index (χ1n) is 7.95. The molecule has 1 aliphatic heterocycles. The molecule has 1 aromatic rings. The highest BCUT2D eigenvalue weighted by atomic mass is 32.2. The van der Waals surface area contributed by atoms with E-state index in [0.29, 0.717) is 13.2 Å². The summed E-state index contributed by atoms with van der Waals surface area (Å²) >= 11 is 0. The molecule has 1 amide bonds. The number of hydrogen-bond donors (Lipinski definition) is 2. The van der Waals surface area contributed by atoms with Gasteiger partial charge in [-0.25, -0.2) is 8.42 Å². The van der Waals surface area contributed by atoms with Gasteiger partial charge in [0.05, 0.1) is 16.6 Å². The monoisotopic (exact) mass is 381 g/mol. The van der Waals surface area contributed by atoms with Gasteiger partial charge in [-0.05, 0) is 25.0 Å². The minimum absolute atomic E-state index is 0.0262. The SMILES string of the molecule is N#Cc1ccccc1S(=O)(=O)NCC(=O)OCC(=O)NC[C@@H]1CCCO1. The largest absolute Gasteiger partial charge is 0.455 e. The summed E-state index contributed by atoms with van der Waals surface area (Å²) in [6, 6.07) is 7.37. The highest BCUT2D eigenvalue weighted by Gasteiger charge is 2.20. The van der Waals surface area contributed by atoms with Crippen LogP contribution in [0.5, 0.6) is 0 Å². The summed E-state index contributed by atoms with van der Waals surface area (Å²) in [7, 11) is -4.05. The van der Waals surface area contributed by atoms with Crippen LogP contribution in [-0.4, -0.2) is 52.7 Å². The number of carbonyl (C=O) groups excluding carboxylic acids is 2. The molecule has 1 heterocycles. The molecule has 26 heavy (non-hydrogen) atoms. The molecule has 1 fully saturated rings. The second-order valence-electron chi connectivity index (χ2n) is 5.53. The van der Waals surface area contributed by atoms with Crippen LogP contribution in [0.1, 0.15) is 18.4 Å². The standard InChI is InChI=1S/C16H19N3O6S/c17-8-12-4-1-2-6-14(12)26(22,23)19-10-16(21)25-11-15(20)18-9-13-5-3-7-24-13/h1-2,4,6,13,19H,3,5,7,9-11H2,(H,18,20)/t13-/m0/s1. The summed E-state index contributed by atoms with van der Waals surface area (Å²) in [4.78, 5) is 23.0. The third-order valence-electron chi connectivity index (χ3n) is 3.62. The van der Waals surface area contributed by atoms with Gasteiger partial charge >= 0.3 is 5.97 Å². The van der Waals surface area contributed by atoms with E-state index in [4.69, 9.17) is 14.7 Å². The molecule has 1 aromatic carbocycles. The summed E-state index contributed by atoms with van der Waals surface area (Å²) in [5, 5.41) is 11.5. The van der Waals surface area contributed by atoms with Gasteiger partial charge < -0.3 is 14.8 Å². The summed E-state index contributed by atoms with van der Waals surface area (Å²) in [5.74, 6) is -1.40. The molecule has 0 aliphatic carbocycles. The number of ether oxygens (including phenoxy) is 2. The normalized spacial score (nSPS) is 16.7. The molecule has 1 atom stereocenters. The average molecular weight is 381 g/mol. The molecule has 2 N–H and O–H groups in total. The minimum atomic E-state index is -4.05. The maximum absolute atomic E-state index is 12.1. The number of esters is 1. The predicted molar refractivity (Wildman–Crippen MR) is 89.3 cm³/mol. The Morgan fingerprint density at radius 3 is 2.81 bits per heavy atom. The number of benzene rings is 1. The van der Waals surface area contributed by atoms with Gasteiger partial charge in [0.25, 0.3) is 5.91 Å². The Hall–Kier alpha value is -2.48. The van der Waals surface area contributed by atoms with Crippen molar-refractivity contribution in [3.63, 3.8) is 0 Å². The first-order chi connectivity index (χ1) is 12.4. The van der Waals surface area contributed by atoms with E-state index >= 15 is 0 Å². The first kappa shape index (κ1) is 19.8. The summed E-state index contributed by atoms with van der Waals surface area (Å²) in [6.45, 7) is -0.151. The lowest BCUT2D eigenvalue weighted by molar-refractivity contribution is -0.147. The maximum atomic E-state index is 12.1. The van der Waals surface area contributed by atoms with E-state index in [2.05, 4.69) is 5.32 Å². The molecule has 0 aromatic heterocycles. The van der Waals surface area contributed by atoms with Gasteiger partial charge in [-0.1, -0.05) is 12.1 Å². The molecule has 140 valence electrons. The Labute approximate surface area is 151 Å². The smallest absolute Gasteiger partial charge is 0.321 e. The fraction of sp³-hybridized carbons (Fsp3) is 0.438. The van der Waals surface area contributed by atoms with Crippen LogP contribution in [0.3, 0.4) is 0 Å². The molecule has 0 unspecified atom stereocenters. The van der Waals surface area contributed by atoms with Gasteiger partial charge in [-0.15, -0.1) is 0 Å². The fourth-order valence-corrected chi connectivity index (χ4v) is 3.43. The quantitative estimate of drug-likeness (QED) is 0.589. The second-order valence-corrected chi connectivity index (χ2v) is 7.27. The van der Waals surface area contributed by atoms with Gasteiger partial charge in [0.1, 0.15) is 12.6 Å². The number of amides is 1. The predicted octanol–water partition coefficient (Wildman–Crippen LogP) is -0.325. The second kappa shape index (κ2) is 9.28. The third-order valence-corrected chi connectivity index (χ3v) is 5.08. The van der Waals surface area contributed by atoms with Crippen molar-refractivity contribution in [3.8, 4) is 6.07 Å². The van der Waals surface area contributed by atoms with Crippen LogP contribution < -0.4 is 10.0 Å². The van der Waals surface area contributed by atoms with Crippen LogP contribution in [0.15, 0.2) is 29.2 Å². The zero-order valence-corrected chi connectivity index (χ0v) is 14.8. The van der Waals surface area contributed by atoms with Gasteiger partial charge in [0.2, 0.25) is 10.0 Å². The van der Waals surface area contributed by atoms with Crippen molar-refractivity contribution in [2.24, 2.45) is 0 Å². The molecule has 0 saturated carbocycles. The maximum Gasteiger partial charge on any atom is 0.321 e. The van der Waals surface area contributed by atoms with E-state index in [0.717, 1.165) is 12.8 Å². The van der Waals surface area contributed by atoms with Crippen LogP contribution in [0.2, 0.25) is 0 Å². The number of rotatable bonds is 8. The van der Waals surface area contributed by atoms with Crippen molar-refractivity contribution in [1.82, 2.24) is 10.0 Å². The molecule has 0 radical (unpaired) electrons. The number of nitriles is 1. The molecular formula is C16H19N3O6S. The Morgan fingerprint density at radius 1 is 1.35 bits per heavy atom. The van der Waals surface area contributed by atoms with Crippen LogP contribution in [0.4, 0.5) is 0 Å². The molecule has 10 heteroatoms. The lowest BCUT2D eigenvalue weighted by Gasteiger charge is -2.11. The summed E-state index contributed by atoms with van der Waals surface area (Å²) < 4.78 is 36.4. The van der Waals surface area contributed by atoms with Crippen molar-refractivity contribution in [1.29, 1.82) is 5.26 Å². The molecule has 0 spiro atoms. The Kier molecular flexibility index (Phi) is 7.08. The van der Waals surface area contributed by atoms with Crippen LogP contribution in [0, 0.1) is 11.3 Å². The summed E-state index contributed by atoms with van der Waals surface area (Å²) in [5.41, 5.74) is -0.0399. The van der Waals surface area contributed by atoms with Gasteiger partial charge in [-0.2, -0.15) is 9.98 Å². The lowest BCUT2D eigenvalue weighted by atomic mass is 10.2. The van der Waals surface area contributed by atoms with Gasteiger partial charge in [0, 0.05) is 13.2 Å². The molecule has 1 aliphatic rings. The van der Waals surface area contributed by atoms with E-state index in [1.54, 1.807) is 6.07 Å². The van der Waals surface area contributed by atoms with Crippen molar-refractivity contribution < 1.29 is 27.5 Å². The Bertz CT molecular complexity index is 796. The molecule has 2 rings (SSSR count). The Balaban J connectivity index is 1.75. The lowest BCUT2D eigenvalue weighted by Crippen LogP contribution is -2.36. The van der Waals surface area contributed by atoms with Crippen molar-refractivity contribution >= 4 is 21.9 Å². The van der Waals surface area contributed by atoms with E-state index in [9.17, 15) is 18.0 Å². The van der Waals surface area contributed by atoms with Crippen LogP contribution in [-0.2, 0) is 29.1 Å². The van der Waals surface area contributed by atoms with E-state index < -0.39 is 35.1 Å². The number of nitrogens with zero attached hydrogens (tertiary/aromatic N) is 1. The topological polar surface area (TPSA) is 135 Å². The zero-order valence-electron chi connectivity index (χ0n) is 13.9. The zero-order chi connectivity index (χ0) is 19.0. The van der Waals surface area contributed by atoms with E-state index in [1.165, 1.54) is 24.3 Å². The highest BCUT2D eigenvalue weighted by molar-refractivity contribution is 7.89. The first-order valence-corrected chi connectivity index (χ1v) is 9.43. The summed E-state index contributed by atoms with van der Waals surface area (Å²) in [6.07, 6.45) is 1.79. The van der Waals surface area contributed by atoms with Crippen molar-refractivity contribution in [2.45, 2.75) is 23.8 Å². The molecular weight excluding hydrogens is 362 g/mol. The van der Waals surface area contributed by atoms with Crippen LogP contribution >= 0.6 is 0 Å². The third kappa shape index (κ3) is 5.80. The number of sulfonamides is 1. The van der Waals surface area contributed by atoms with E-state index in [-0.39, 0.29) is 16.6 Å². The Morgan fingerprint density at radius 2 is 2.12 bits per heavy atom. The van der Waals surface area contributed by atoms with Crippen molar-refractivity contribution in [2.75, 3.05) is 26.3 Å². The molecule has 9 nitrogen and oxygen atoms in total. The average Bonchev–Trinajstić information content (AvgIpc) is 3.16.